The van der Waals surface area contributed by atoms with E-state index in [4.69, 9.17) is 17.0 Å². The van der Waals surface area contributed by atoms with Crippen molar-refractivity contribution >= 4 is 24.1 Å². The van der Waals surface area contributed by atoms with Gasteiger partial charge in [0, 0.05) is 11.6 Å². The number of nitro groups is 1. The van der Waals surface area contributed by atoms with Gasteiger partial charge in [0.05, 0.1) is 23.8 Å². The Balaban J connectivity index is 2.04. The number of nitro benzene ring substituents is 1. The fraction of sp³-hybridized carbons (Fsp3) is 0.0625. The molecule has 126 valence electrons. The summed E-state index contributed by atoms with van der Waals surface area (Å²) in [5, 5.41) is 22.2. The lowest BCUT2D eigenvalue weighted by atomic mass is 10.2. The minimum Gasteiger partial charge on any atom is -0.497 e. The van der Waals surface area contributed by atoms with Crippen LogP contribution in [-0.2, 0) is 0 Å². The molecule has 0 aliphatic heterocycles. The number of hydrogen-bond donors (Lipinski definition) is 1. The van der Waals surface area contributed by atoms with E-state index in [0.29, 0.717) is 17.1 Å². The zero-order valence-electron chi connectivity index (χ0n) is 13.1. The molecule has 0 fully saturated rings. The van der Waals surface area contributed by atoms with Gasteiger partial charge in [-0.2, -0.15) is 14.9 Å². The summed E-state index contributed by atoms with van der Waals surface area (Å²) < 4.78 is 6.88. The molecule has 0 amide bonds. The SMILES string of the molecule is COc1cccc(-c2n[nH]c(=S)n2/N=C\c2ccccc2[N+](=O)[O-])c1. The van der Waals surface area contributed by atoms with E-state index in [9.17, 15) is 10.1 Å². The summed E-state index contributed by atoms with van der Waals surface area (Å²) in [6, 6.07) is 13.6. The van der Waals surface area contributed by atoms with E-state index in [1.54, 1.807) is 31.4 Å². The predicted octanol–water partition coefficient (Wildman–Crippen LogP) is 3.41. The number of aromatic nitrogens is 3. The molecule has 0 saturated heterocycles. The first-order valence-electron chi connectivity index (χ1n) is 7.20. The van der Waals surface area contributed by atoms with Crippen LogP contribution < -0.4 is 4.74 Å². The minimum absolute atomic E-state index is 0.0378. The third-order valence-electron chi connectivity index (χ3n) is 3.42. The van der Waals surface area contributed by atoms with Gasteiger partial charge in [-0.25, -0.2) is 5.10 Å². The van der Waals surface area contributed by atoms with Crippen LogP contribution in [-0.4, -0.2) is 33.1 Å². The third-order valence-corrected chi connectivity index (χ3v) is 3.69. The number of nitrogens with zero attached hydrogens (tertiary/aromatic N) is 4. The van der Waals surface area contributed by atoms with Crippen LogP contribution in [0, 0.1) is 14.9 Å². The molecule has 0 saturated carbocycles. The van der Waals surface area contributed by atoms with Crippen molar-refractivity contribution in [2.45, 2.75) is 0 Å². The smallest absolute Gasteiger partial charge is 0.278 e. The Hall–Kier alpha value is -3.33. The maximum absolute atomic E-state index is 11.1. The number of ether oxygens (including phenoxy) is 1. The maximum Gasteiger partial charge on any atom is 0.278 e. The van der Waals surface area contributed by atoms with Gasteiger partial charge in [-0.15, -0.1) is 0 Å². The molecule has 3 aromatic rings. The van der Waals surface area contributed by atoms with Gasteiger partial charge in [-0.3, -0.25) is 10.1 Å². The van der Waals surface area contributed by atoms with Crippen LogP contribution in [0.15, 0.2) is 53.6 Å². The topological polar surface area (TPSA) is 98.3 Å². The van der Waals surface area contributed by atoms with Crippen molar-refractivity contribution in [3.05, 3.63) is 69.0 Å². The molecule has 3 rings (SSSR count). The summed E-state index contributed by atoms with van der Waals surface area (Å²) in [7, 11) is 1.57. The van der Waals surface area contributed by atoms with Crippen molar-refractivity contribution in [2.75, 3.05) is 7.11 Å². The van der Waals surface area contributed by atoms with Crippen molar-refractivity contribution in [3.63, 3.8) is 0 Å². The number of para-hydroxylation sites is 1. The summed E-state index contributed by atoms with van der Waals surface area (Å²) in [6.07, 6.45) is 1.38. The van der Waals surface area contributed by atoms with E-state index >= 15 is 0 Å². The van der Waals surface area contributed by atoms with Crippen LogP contribution in [0.1, 0.15) is 5.56 Å². The quantitative estimate of drug-likeness (QED) is 0.327. The predicted molar refractivity (Wildman–Crippen MR) is 95.5 cm³/mol. The second kappa shape index (κ2) is 7.05. The summed E-state index contributed by atoms with van der Waals surface area (Å²) in [6.45, 7) is 0. The largest absolute Gasteiger partial charge is 0.497 e. The standard InChI is InChI=1S/C16H13N5O3S/c1-24-13-7-4-6-11(9-13)15-18-19-16(25)20(15)17-10-12-5-2-3-8-14(12)21(22)23/h2-10H,1H3,(H,19,25)/b17-10-. The molecule has 2 aromatic carbocycles. The van der Waals surface area contributed by atoms with Crippen LogP contribution >= 0.6 is 12.2 Å². The molecule has 0 aliphatic carbocycles. The molecule has 0 bridgehead atoms. The number of hydrogen-bond acceptors (Lipinski definition) is 6. The van der Waals surface area contributed by atoms with Crippen molar-refractivity contribution in [2.24, 2.45) is 5.10 Å². The highest BCUT2D eigenvalue weighted by Gasteiger charge is 2.12. The summed E-state index contributed by atoms with van der Waals surface area (Å²) in [5.41, 5.74) is 1.07. The molecule has 0 unspecified atom stereocenters. The first-order valence-corrected chi connectivity index (χ1v) is 7.60. The van der Waals surface area contributed by atoms with Gasteiger partial charge in [0.1, 0.15) is 5.75 Å². The summed E-state index contributed by atoms with van der Waals surface area (Å²) >= 11 is 5.20. The van der Waals surface area contributed by atoms with E-state index < -0.39 is 4.92 Å². The Morgan fingerprint density at radius 2 is 2.12 bits per heavy atom. The van der Waals surface area contributed by atoms with Gasteiger partial charge < -0.3 is 4.74 Å². The van der Waals surface area contributed by atoms with E-state index in [0.717, 1.165) is 5.56 Å². The number of benzene rings is 2. The Bertz CT molecular complexity index is 1010. The lowest BCUT2D eigenvalue weighted by Crippen LogP contribution is -1.98. The monoisotopic (exact) mass is 355 g/mol. The van der Waals surface area contributed by atoms with Gasteiger partial charge in [-0.05, 0) is 30.4 Å². The Morgan fingerprint density at radius 3 is 2.88 bits per heavy atom. The van der Waals surface area contributed by atoms with E-state index in [-0.39, 0.29) is 10.5 Å². The van der Waals surface area contributed by atoms with Crippen LogP contribution in [0.4, 0.5) is 5.69 Å². The van der Waals surface area contributed by atoms with E-state index in [1.165, 1.54) is 17.0 Å². The van der Waals surface area contributed by atoms with Gasteiger partial charge >= 0.3 is 0 Å². The van der Waals surface area contributed by atoms with Crippen molar-refractivity contribution in [1.29, 1.82) is 0 Å². The molecule has 25 heavy (non-hydrogen) atoms. The van der Waals surface area contributed by atoms with E-state index in [1.807, 2.05) is 18.2 Å². The number of methoxy groups -OCH3 is 1. The van der Waals surface area contributed by atoms with Crippen molar-refractivity contribution in [3.8, 4) is 17.1 Å². The molecule has 0 atom stereocenters. The van der Waals surface area contributed by atoms with Gasteiger partial charge in [-0.1, -0.05) is 24.3 Å². The zero-order chi connectivity index (χ0) is 17.8. The number of H-pyrrole nitrogens is 1. The molecule has 8 nitrogen and oxygen atoms in total. The lowest BCUT2D eigenvalue weighted by Gasteiger charge is -2.04. The number of rotatable bonds is 5. The zero-order valence-corrected chi connectivity index (χ0v) is 13.9. The van der Waals surface area contributed by atoms with Crippen molar-refractivity contribution < 1.29 is 9.66 Å². The molecular weight excluding hydrogens is 342 g/mol. The minimum atomic E-state index is -0.459. The molecule has 0 radical (unpaired) electrons. The molecule has 1 heterocycles. The first kappa shape index (κ1) is 16.5. The highest BCUT2D eigenvalue weighted by atomic mass is 32.1. The second-order valence-corrected chi connectivity index (χ2v) is 5.34. The van der Waals surface area contributed by atoms with Gasteiger partial charge in [0.2, 0.25) is 4.77 Å². The Labute approximate surface area is 147 Å². The third kappa shape index (κ3) is 3.45. The highest BCUT2D eigenvalue weighted by Crippen LogP contribution is 2.22. The summed E-state index contributed by atoms with van der Waals surface area (Å²) in [5.74, 6) is 1.14. The Morgan fingerprint density at radius 1 is 1.32 bits per heavy atom. The van der Waals surface area contributed by atoms with Crippen molar-refractivity contribution in [1.82, 2.24) is 14.9 Å². The lowest BCUT2D eigenvalue weighted by molar-refractivity contribution is -0.385. The molecule has 0 aliphatic rings. The highest BCUT2D eigenvalue weighted by molar-refractivity contribution is 7.71. The number of aromatic amines is 1. The fourth-order valence-electron chi connectivity index (χ4n) is 2.23. The maximum atomic E-state index is 11.1. The number of nitrogens with one attached hydrogen (secondary N) is 1. The molecular formula is C16H13N5O3S. The van der Waals surface area contributed by atoms with Gasteiger partial charge in [0.15, 0.2) is 5.82 Å². The van der Waals surface area contributed by atoms with Crippen LogP contribution in [0.2, 0.25) is 0 Å². The summed E-state index contributed by atoms with van der Waals surface area (Å²) in [4.78, 5) is 10.6. The molecule has 1 aromatic heterocycles. The first-order chi connectivity index (χ1) is 12.1. The van der Waals surface area contributed by atoms with Crippen LogP contribution in [0.5, 0.6) is 5.75 Å². The molecule has 1 N–H and O–H groups in total. The fourth-order valence-corrected chi connectivity index (χ4v) is 2.41. The van der Waals surface area contributed by atoms with Gasteiger partial charge in [0.25, 0.3) is 5.69 Å². The normalized spacial score (nSPS) is 10.9. The average Bonchev–Trinajstić information content (AvgIpc) is 3.00. The second-order valence-electron chi connectivity index (χ2n) is 4.96. The van der Waals surface area contributed by atoms with Crippen LogP contribution in [0.3, 0.4) is 0 Å². The average molecular weight is 355 g/mol. The Kier molecular flexibility index (Phi) is 4.66. The van der Waals surface area contributed by atoms with Crippen LogP contribution in [0.25, 0.3) is 11.4 Å². The molecule has 9 heteroatoms. The van der Waals surface area contributed by atoms with E-state index in [2.05, 4.69) is 15.3 Å². The molecule has 0 spiro atoms.